The number of hydrogen-bond acceptors (Lipinski definition) is 3. The van der Waals surface area contributed by atoms with Crippen LogP contribution in [-0.4, -0.2) is 52.6 Å². The zero-order valence-electron chi connectivity index (χ0n) is 16.4. The summed E-state index contributed by atoms with van der Waals surface area (Å²) in [5.74, 6) is 0.872. The van der Waals surface area contributed by atoms with Crippen molar-refractivity contribution in [2.24, 2.45) is 0 Å². The van der Waals surface area contributed by atoms with Crippen LogP contribution in [0.15, 0.2) is 47.4 Å². The van der Waals surface area contributed by atoms with Crippen LogP contribution in [0.25, 0.3) is 0 Å². The predicted molar refractivity (Wildman–Crippen MR) is 107 cm³/mol. The van der Waals surface area contributed by atoms with E-state index in [4.69, 9.17) is 4.74 Å². The molecule has 0 unspecified atom stereocenters. The van der Waals surface area contributed by atoms with Crippen molar-refractivity contribution in [2.75, 3.05) is 39.8 Å². The lowest BCUT2D eigenvalue weighted by atomic mass is 10.1. The third-order valence-electron chi connectivity index (χ3n) is 5.47. The highest BCUT2D eigenvalue weighted by Crippen LogP contribution is 2.19. The van der Waals surface area contributed by atoms with Crippen LogP contribution in [0.2, 0.25) is 0 Å². The van der Waals surface area contributed by atoms with E-state index in [1.165, 1.54) is 10.5 Å². The van der Waals surface area contributed by atoms with E-state index in [0.717, 1.165) is 42.9 Å². The van der Waals surface area contributed by atoms with E-state index >= 15 is 0 Å². The molecule has 1 fully saturated rings. The minimum atomic E-state index is -3.39. The number of ether oxygens (including phenoxy) is 1. The first kappa shape index (κ1) is 19.9. The van der Waals surface area contributed by atoms with Gasteiger partial charge in [-0.1, -0.05) is 18.2 Å². The van der Waals surface area contributed by atoms with Crippen LogP contribution >= 0.6 is 0 Å². The molecule has 1 saturated heterocycles. The Morgan fingerprint density at radius 1 is 1.00 bits per heavy atom. The number of hydrogen-bond donors (Lipinski definition) is 1. The molecule has 0 amide bonds. The van der Waals surface area contributed by atoms with Crippen molar-refractivity contribution in [3.05, 3.63) is 59.2 Å². The van der Waals surface area contributed by atoms with Crippen LogP contribution in [0.5, 0.6) is 5.75 Å². The predicted octanol–water partition coefficient (Wildman–Crippen LogP) is 1.44. The summed E-state index contributed by atoms with van der Waals surface area (Å²) in [7, 11) is -1.72. The Morgan fingerprint density at radius 3 is 2.26 bits per heavy atom. The summed E-state index contributed by atoms with van der Waals surface area (Å²) < 4.78 is 32.6. The first-order valence-electron chi connectivity index (χ1n) is 9.44. The fourth-order valence-electron chi connectivity index (χ4n) is 3.43. The number of quaternary nitrogens is 1. The number of nitrogens with zero attached hydrogens (tertiary/aromatic N) is 1. The second-order valence-corrected chi connectivity index (χ2v) is 9.19. The molecule has 0 aromatic heterocycles. The molecule has 0 aliphatic carbocycles. The molecule has 0 spiro atoms. The lowest BCUT2D eigenvalue weighted by Gasteiger charge is -2.31. The van der Waals surface area contributed by atoms with Crippen LogP contribution < -0.4 is 9.64 Å². The van der Waals surface area contributed by atoms with Crippen molar-refractivity contribution in [2.45, 2.75) is 25.2 Å². The van der Waals surface area contributed by atoms with Gasteiger partial charge in [-0.15, -0.1) is 0 Å². The second kappa shape index (κ2) is 8.42. The van der Waals surface area contributed by atoms with Crippen molar-refractivity contribution in [3.63, 3.8) is 0 Å². The van der Waals surface area contributed by atoms with Crippen molar-refractivity contribution in [1.29, 1.82) is 0 Å². The Morgan fingerprint density at radius 2 is 1.67 bits per heavy atom. The van der Waals surface area contributed by atoms with Gasteiger partial charge in [0.2, 0.25) is 10.0 Å². The smallest absolute Gasteiger partial charge is 0.243 e. The number of aryl methyl sites for hydroxylation is 2. The molecule has 0 bridgehead atoms. The molecule has 1 heterocycles. The Balaban J connectivity index is 1.55. The molecule has 1 aliphatic rings. The highest BCUT2D eigenvalue weighted by Gasteiger charge is 2.30. The third-order valence-corrected chi connectivity index (χ3v) is 7.37. The van der Waals surface area contributed by atoms with Gasteiger partial charge in [-0.3, -0.25) is 0 Å². The molecular formula is C21H29N2O3S+. The number of piperazine rings is 1. The first-order valence-corrected chi connectivity index (χ1v) is 10.9. The Bertz CT molecular complexity index is 871. The van der Waals surface area contributed by atoms with Crippen LogP contribution in [0.4, 0.5) is 0 Å². The van der Waals surface area contributed by atoms with Crippen LogP contribution in [0.3, 0.4) is 0 Å². The summed E-state index contributed by atoms with van der Waals surface area (Å²) in [4.78, 5) is 1.87. The molecule has 2 aromatic rings. The van der Waals surface area contributed by atoms with E-state index in [0.29, 0.717) is 18.0 Å². The summed E-state index contributed by atoms with van der Waals surface area (Å²) in [5, 5.41) is 0. The minimum Gasteiger partial charge on any atom is -0.497 e. The molecule has 5 nitrogen and oxygen atoms in total. The zero-order valence-corrected chi connectivity index (χ0v) is 17.2. The summed E-state index contributed by atoms with van der Waals surface area (Å²) in [6, 6.07) is 13.6. The van der Waals surface area contributed by atoms with Crippen LogP contribution in [0.1, 0.15) is 16.7 Å². The molecule has 146 valence electrons. The lowest BCUT2D eigenvalue weighted by molar-refractivity contribution is -0.903. The molecule has 6 heteroatoms. The van der Waals surface area contributed by atoms with Gasteiger partial charge in [-0.2, -0.15) is 4.31 Å². The van der Waals surface area contributed by atoms with Gasteiger partial charge in [0, 0.05) is 6.42 Å². The lowest BCUT2D eigenvalue weighted by Crippen LogP contribution is -3.15. The summed E-state index contributed by atoms with van der Waals surface area (Å²) >= 11 is 0. The number of nitrogens with one attached hydrogen (secondary N) is 1. The van der Waals surface area contributed by atoms with Gasteiger partial charge >= 0.3 is 0 Å². The van der Waals surface area contributed by atoms with Crippen molar-refractivity contribution in [3.8, 4) is 5.75 Å². The number of benzene rings is 2. The van der Waals surface area contributed by atoms with Gasteiger partial charge in [0.1, 0.15) is 5.75 Å². The molecule has 0 radical (unpaired) electrons. The minimum absolute atomic E-state index is 0.410. The fourth-order valence-corrected chi connectivity index (χ4v) is 4.96. The van der Waals surface area contributed by atoms with Gasteiger partial charge in [0.15, 0.2) is 0 Å². The van der Waals surface area contributed by atoms with Crippen molar-refractivity contribution < 1.29 is 18.1 Å². The second-order valence-electron chi connectivity index (χ2n) is 7.25. The first-order chi connectivity index (χ1) is 12.9. The maximum Gasteiger partial charge on any atom is 0.243 e. The molecule has 1 N–H and O–H groups in total. The molecule has 3 rings (SSSR count). The molecule has 27 heavy (non-hydrogen) atoms. The highest BCUT2D eigenvalue weighted by atomic mass is 32.2. The molecule has 0 atom stereocenters. The SMILES string of the molecule is COc1ccc(CC[NH+]2CCN(S(=O)(=O)c3ccc(C)c(C)c3)CC2)cc1. The molecule has 0 saturated carbocycles. The number of sulfonamides is 1. The monoisotopic (exact) mass is 389 g/mol. The average molecular weight is 390 g/mol. The van der Waals surface area contributed by atoms with Crippen molar-refractivity contribution in [1.82, 2.24) is 4.31 Å². The standard InChI is InChI=1S/C21H28N2O3S/c1-17-4-9-21(16-18(17)2)27(24,25)23-14-12-22(13-15-23)11-10-19-5-7-20(26-3)8-6-19/h4-9,16H,10-15H2,1-3H3/p+1. The average Bonchev–Trinajstić information content (AvgIpc) is 2.69. The van der Waals surface area contributed by atoms with Gasteiger partial charge in [0.05, 0.1) is 44.7 Å². The highest BCUT2D eigenvalue weighted by molar-refractivity contribution is 7.89. The normalized spacial score (nSPS) is 16.4. The summed E-state index contributed by atoms with van der Waals surface area (Å²) in [6.07, 6.45) is 0.989. The Labute approximate surface area is 162 Å². The summed E-state index contributed by atoms with van der Waals surface area (Å²) in [5.41, 5.74) is 3.41. The molecule has 1 aliphatic heterocycles. The number of rotatable bonds is 6. The Kier molecular flexibility index (Phi) is 6.19. The quantitative estimate of drug-likeness (QED) is 0.814. The van der Waals surface area contributed by atoms with Crippen LogP contribution in [0, 0.1) is 13.8 Å². The zero-order chi connectivity index (χ0) is 19.4. The van der Waals surface area contributed by atoms with E-state index in [-0.39, 0.29) is 0 Å². The summed E-state index contributed by atoms with van der Waals surface area (Å²) in [6.45, 7) is 7.82. The van der Waals surface area contributed by atoms with Gasteiger partial charge in [-0.05, 0) is 54.8 Å². The van der Waals surface area contributed by atoms with Gasteiger partial charge < -0.3 is 9.64 Å². The molecule has 2 aromatic carbocycles. The van der Waals surface area contributed by atoms with E-state index in [1.807, 2.05) is 32.0 Å². The maximum absolute atomic E-state index is 12.9. The van der Waals surface area contributed by atoms with Gasteiger partial charge in [-0.25, -0.2) is 8.42 Å². The van der Waals surface area contributed by atoms with E-state index in [1.54, 1.807) is 23.5 Å². The van der Waals surface area contributed by atoms with Gasteiger partial charge in [0.25, 0.3) is 0 Å². The van der Waals surface area contributed by atoms with Crippen LogP contribution in [-0.2, 0) is 16.4 Å². The van der Waals surface area contributed by atoms with Crippen molar-refractivity contribution >= 4 is 10.0 Å². The fraction of sp³-hybridized carbons (Fsp3) is 0.429. The largest absolute Gasteiger partial charge is 0.497 e. The topological polar surface area (TPSA) is 51.1 Å². The maximum atomic E-state index is 12.9. The third kappa shape index (κ3) is 4.69. The van der Waals surface area contributed by atoms with E-state index in [2.05, 4.69) is 12.1 Å². The number of methoxy groups -OCH3 is 1. The van der Waals surface area contributed by atoms with E-state index in [9.17, 15) is 8.42 Å². The Hall–Kier alpha value is -1.89. The molecular weight excluding hydrogens is 360 g/mol. The van der Waals surface area contributed by atoms with E-state index < -0.39 is 10.0 Å².